The van der Waals surface area contributed by atoms with Gasteiger partial charge in [-0.2, -0.15) is 0 Å². The van der Waals surface area contributed by atoms with Crippen LogP contribution in [0.2, 0.25) is 0 Å². The van der Waals surface area contributed by atoms with Crippen LogP contribution in [-0.4, -0.2) is 59.0 Å². The molecule has 0 spiro atoms. The third-order valence-corrected chi connectivity index (χ3v) is 4.52. The SMILES string of the molecule is CN=C(NCCCN(C(C)C)C(C)C)NCCc1cn2ccccc2n1. The largest absolute Gasteiger partial charge is 0.356 e. The molecule has 2 N–H and O–H groups in total. The van der Waals surface area contributed by atoms with Gasteiger partial charge in [-0.05, 0) is 46.2 Å². The number of guanidine groups is 1. The number of nitrogens with zero attached hydrogens (tertiary/aromatic N) is 4. The fourth-order valence-electron chi connectivity index (χ4n) is 3.22. The summed E-state index contributed by atoms with van der Waals surface area (Å²) in [4.78, 5) is 11.4. The number of aliphatic imine (C=N–C) groups is 1. The molecule has 0 aliphatic rings. The number of rotatable bonds is 9. The molecule has 0 saturated heterocycles. The molecular weight excluding hydrogens is 324 g/mol. The highest BCUT2D eigenvalue weighted by Crippen LogP contribution is 2.05. The summed E-state index contributed by atoms with van der Waals surface area (Å²) in [6, 6.07) is 7.21. The highest BCUT2D eigenvalue weighted by Gasteiger charge is 2.12. The van der Waals surface area contributed by atoms with E-state index in [4.69, 9.17) is 0 Å². The van der Waals surface area contributed by atoms with Gasteiger partial charge in [0.25, 0.3) is 0 Å². The van der Waals surface area contributed by atoms with E-state index in [1.165, 1.54) is 0 Å². The zero-order valence-corrected chi connectivity index (χ0v) is 16.9. The molecule has 0 unspecified atom stereocenters. The van der Waals surface area contributed by atoms with Gasteiger partial charge in [0.05, 0.1) is 5.69 Å². The third-order valence-electron chi connectivity index (χ3n) is 4.52. The fraction of sp³-hybridized carbons (Fsp3) is 0.600. The molecule has 2 aromatic rings. The minimum Gasteiger partial charge on any atom is -0.356 e. The zero-order chi connectivity index (χ0) is 18.9. The Balaban J connectivity index is 1.69. The Hall–Kier alpha value is -2.08. The van der Waals surface area contributed by atoms with Gasteiger partial charge in [0.15, 0.2) is 5.96 Å². The molecule has 0 fully saturated rings. The topological polar surface area (TPSA) is 57.0 Å². The maximum atomic E-state index is 4.62. The molecular formula is C20H34N6. The van der Waals surface area contributed by atoms with Gasteiger partial charge in [0, 0.05) is 57.6 Å². The molecule has 6 heteroatoms. The highest BCUT2D eigenvalue weighted by atomic mass is 15.2. The average molecular weight is 359 g/mol. The van der Waals surface area contributed by atoms with E-state index in [9.17, 15) is 0 Å². The molecule has 144 valence electrons. The van der Waals surface area contributed by atoms with Crippen molar-refractivity contribution in [2.45, 2.75) is 52.6 Å². The van der Waals surface area contributed by atoms with E-state index in [0.29, 0.717) is 12.1 Å². The summed E-state index contributed by atoms with van der Waals surface area (Å²) in [7, 11) is 1.81. The monoisotopic (exact) mass is 358 g/mol. The predicted octanol–water partition coefficient (Wildman–Crippen LogP) is 2.55. The fourth-order valence-corrected chi connectivity index (χ4v) is 3.22. The molecule has 0 aromatic carbocycles. The lowest BCUT2D eigenvalue weighted by atomic mass is 10.2. The summed E-state index contributed by atoms with van der Waals surface area (Å²) < 4.78 is 2.05. The number of hydrogen-bond donors (Lipinski definition) is 2. The normalized spacial score (nSPS) is 12.5. The van der Waals surface area contributed by atoms with E-state index >= 15 is 0 Å². The molecule has 26 heavy (non-hydrogen) atoms. The first-order chi connectivity index (χ1) is 12.5. The smallest absolute Gasteiger partial charge is 0.190 e. The first-order valence-corrected chi connectivity index (χ1v) is 9.64. The van der Waals surface area contributed by atoms with Gasteiger partial charge in [-0.3, -0.25) is 9.89 Å². The van der Waals surface area contributed by atoms with E-state index < -0.39 is 0 Å². The third kappa shape index (κ3) is 6.02. The Bertz CT molecular complexity index is 647. The van der Waals surface area contributed by atoms with Crippen molar-refractivity contribution in [3.63, 3.8) is 0 Å². The van der Waals surface area contributed by atoms with Crippen LogP contribution in [0.1, 0.15) is 39.8 Å². The molecule has 0 amide bonds. The quantitative estimate of drug-likeness (QED) is 0.411. The Kier molecular flexibility index (Phi) is 7.91. The number of nitrogens with one attached hydrogen (secondary N) is 2. The molecule has 0 aliphatic heterocycles. The second-order valence-electron chi connectivity index (χ2n) is 7.15. The van der Waals surface area contributed by atoms with Crippen LogP contribution in [-0.2, 0) is 6.42 Å². The van der Waals surface area contributed by atoms with Gasteiger partial charge in [0.2, 0.25) is 0 Å². The van der Waals surface area contributed by atoms with Gasteiger partial charge in [-0.1, -0.05) is 6.07 Å². The lowest BCUT2D eigenvalue weighted by Gasteiger charge is -2.30. The lowest BCUT2D eigenvalue weighted by Crippen LogP contribution is -2.41. The van der Waals surface area contributed by atoms with Gasteiger partial charge in [-0.15, -0.1) is 0 Å². The van der Waals surface area contributed by atoms with Crippen LogP contribution in [0.3, 0.4) is 0 Å². The molecule has 0 radical (unpaired) electrons. The van der Waals surface area contributed by atoms with Crippen LogP contribution < -0.4 is 10.6 Å². The molecule has 0 saturated carbocycles. The van der Waals surface area contributed by atoms with E-state index in [1.807, 2.05) is 31.4 Å². The molecule has 2 aromatic heterocycles. The summed E-state index contributed by atoms with van der Waals surface area (Å²) in [6.45, 7) is 11.9. The van der Waals surface area contributed by atoms with Gasteiger partial charge >= 0.3 is 0 Å². The standard InChI is InChI=1S/C20H34N6/c1-16(2)26(17(3)4)14-8-11-22-20(21-5)23-12-10-18-15-25-13-7-6-9-19(25)24-18/h6-7,9,13,15-17H,8,10-12,14H2,1-5H3,(H2,21,22,23). The Morgan fingerprint density at radius 1 is 1.15 bits per heavy atom. The summed E-state index contributed by atoms with van der Waals surface area (Å²) >= 11 is 0. The summed E-state index contributed by atoms with van der Waals surface area (Å²) in [6.07, 6.45) is 6.08. The molecule has 0 atom stereocenters. The van der Waals surface area contributed by atoms with Gasteiger partial charge in [0.1, 0.15) is 5.65 Å². The van der Waals surface area contributed by atoms with Crippen LogP contribution in [0.5, 0.6) is 0 Å². The number of fused-ring (bicyclic) bond motifs is 1. The van der Waals surface area contributed by atoms with Crippen LogP contribution in [0.15, 0.2) is 35.6 Å². The number of imidazole rings is 1. The van der Waals surface area contributed by atoms with Crippen molar-refractivity contribution in [2.24, 2.45) is 4.99 Å². The maximum absolute atomic E-state index is 4.62. The Morgan fingerprint density at radius 3 is 2.54 bits per heavy atom. The van der Waals surface area contributed by atoms with Gasteiger partial charge < -0.3 is 15.0 Å². The van der Waals surface area contributed by atoms with Crippen molar-refractivity contribution in [3.05, 3.63) is 36.3 Å². The Morgan fingerprint density at radius 2 is 1.88 bits per heavy atom. The summed E-state index contributed by atoms with van der Waals surface area (Å²) in [5.74, 6) is 0.856. The minimum atomic E-state index is 0.581. The first kappa shape index (κ1) is 20.2. The van der Waals surface area contributed by atoms with Crippen molar-refractivity contribution in [1.29, 1.82) is 0 Å². The van der Waals surface area contributed by atoms with Crippen LogP contribution >= 0.6 is 0 Å². The number of aromatic nitrogens is 2. The average Bonchev–Trinajstić information content (AvgIpc) is 3.02. The number of hydrogen-bond acceptors (Lipinski definition) is 3. The van der Waals surface area contributed by atoms with Crippen molar-refractivity contribution in [1.82, 2.24) is 24.9 Å². The Labute approximate surface area is 157 Å². The second kappa shape index (κ2) is 10.2. The minimum absolute atomic E-state index is 0.581. The van der Waals surface area contributed by atoms with Crippen LogP contribution in [0, 0.1) is 0 Å². The van der Waals surface area contributed by atoms with E-state index in [2.05, 4.69) is 63.8 Å². The molecule has 0 bridgehead atoms. The molecule has 2 heterocycles. The van der Waals surface area contributed by atoms with Crippen molar-refractivity contribution < 1.29 is 0 Å². The highest BCUT2D eigenvalue weighted by molar-refractivity contribution is 5.79. The van der Waals surface area contributed by atoms with E-state index in [1.54, 1.807) is 0 Å². The van der Waals surface area contributed by atoms with E-state index in [0.717, 1.165) is 49.8 Å². The second-order valence-corrected chi connectivity index (χ2v) is 7.15. The molecule has 2 rings (SSSR count). The van der Waals surface area contributed by atoms with Crippen molar-refractivity contribution in [2.75, 3.05) is 26.7 Å². The predicted molar refractivity (Wildman–Crippen MR) is 110 cm³/mol. The number of pyridine rings is 1. The summed E-state index contributed by atoms with van der Waals surface area (Å²) in [5, 5.41) is 6.77. The zero-order valence-electron chi connectivity index (χ0n) is 16.9. The lowest BCUT2D eigenvalue weighted by molar-refractivity contribution is 0.173. The molecule has 0 aliphatic carbocycles. The summed E-state index contributed by atoms with van der Waals surface area (Å²) in [5.41, 5.74) is 2.08. The maximum Gasteiger partial charge on any atom is 0.190 e. The van der Waals surface area contributed by atoms with E-state index in [-0.39, 0.29) is 0 Å². The van der Waals surface area contributed by atoms with Crippen LogP contribution in [0.4, 0.5) is 0 Å². The first-order valence-electron chi connectivity index (χ1n) is 9.64. The van der Waals surface area contributed by atoms with Crippen molar-refractivity contribution in [3.8, 4) is 0 Å². The van der Waals surface area contributed by atoms with Crippen LogP contribution in [0.25, 0.3) is 5.65 Å². The van der Waals surface area contributed by atoms with Crippen molar-refractivity contribution >= 4 is 11.6 Å². The van der Waals surface area contributed by atoms with Gasteiger partial charge in [-0.25, -0.2) is 4.98 Å². The molecule has 6 nitrogen and oxygen atoms in total.